The van der Waals surface area contributed by atoms with E-state index in [0.29, 0.717) is 0 Å². The van der Waals surface area contributed by atoms with Crippen LogP contribution in [0, 0.1) is 20.8 Å². The van der Waals surface area contributed by atoms with Gasteiger partial charge in [-0.3, -0.25) is 9.79 Å². The summed E-state index contributed by atoms with van der Waals surface area (Å²) < 4.78 is 0. The van der Waals surface area contributed by atoms with E-state index in [1.165, 1.54) is 16.7 Å². The zero-order chi connectivity index (χ0) is 11.4. The maximum absolute atomic E-state index is 10.7. The normalized spacial score (nSPS) is 10.9. The summed E-state index contributed by atoms with van der Waals surface area (Å²) in [6.07, 6.45) is 1.80. The number of carbonyl (C=O) groups is 1. The summed E-state index contributed by atoms with van der Waals surface area (Å²) in [4.78, 5) is 14.9. The molecule has 0 aromatic heterocycles. The lowest BCUT2D eigenvalue weighted by Gasteiger charge is -2.06. The van der Waals surface area contributed by atoms with Crippen molar-refractivity contribution in [1.29, 1.82) is 0 Å². The highest BCUT2D eigenvalue weighted by Crippen LogP contribution is 2.14. The van der Waals surface area contributed by atoms with Gasteiger partial charge in [0.25, 0.3) is 0 Å². The molecule has 0 amide bonds. The van der Waals surface area contributed by atoms with E-state index in [2.05, 4.69) is 37.9 Å². The number of hydrogen-bond acceptors (Lipinski definition) is 2. The van der Waals surface area contributed by atoms with E-state index in [9.17, 15) is 4.79 Å². The van der Waals surface area contributed by atoms with E-state index in [0.717, 1.165) is 5.56 Å². The van der Waals surface area contributed by atoms with Gasteiger partial charge in [0.1, 0.15) is 0 Å². The van der Waals surface area contributed by atoms with Crippen LogP contribution in [0.15, 0.2) is 17.1 Å². The summed E-state index contributed by atoms with van der Waals surface area (Å²) in [6.45, 7) is 8.03. The SMILES string of the molecule is CC(=O)CN=Cc1c(C)cc(C)cc1C. The lowest BCUT2D eigenvalue weighted by atomic mass is 10.0. The van der Waals surface area contributed by atoms with Crippen molar-refractivity contribution < 1.29 is 4.79 Å². The second-order valence-electron chi connectivity index (χ2n) is 3.98. The first-order valence-electron chi connectivity index (χ1n) is 5.08. The number of ketones is 1. The summed E-state index contributed by atoms with van der Waals surface area (Å²) in [5.74, 6) is 0.0914. The van der Waals surface area contributed by atoms with Gasteiger partial charge in [-0.2, -0.15) is 0 Å². The Hall–Kier alpha value is -1.44. The smallest absolute Gasteiger partial charge is 0.151 e. The van der Waals surface area contributed by atoms with Crippen molar-refractivity contribution in [1.82, 2.24) is 0 Å². The number of carbonyl (C=O) groups excluding carboxylic acids is 1. The van der Waals surface area contributed by atoms with Crippen LogP contribution in [-0.2, 0) is 4.79 Å². The molecule has 1 rings (SSSR count). The lowest BCUT2D eigenvalue weighted by molar-refractivity contribution is -0.115. The second-order valence-corrected chi connectivity index (χ2v) is 3.98. The van der Waals surface area contributed by atoms with Crippen molar-refractivity contribution in [3.63, 3.8) is 0 Å². The molecule has 1 aromatic rings. The summed E-state index contributed by atoms with van der Waals surface area (Å²) in [5.41, 5.74) is 4.80. The molecule has 2 nitrogen and oxygen atoms in total. The molecule has 0 spiro atoms. The maximum atomic E-state index is 10.7. The Morgan fingerprint density at radius 1 is 1.27 bits per heavy atom. The molecular formula is C13H17NO. The first kappa shape index (κ1) is 11.6. The first-order valence-corrected chi connectivity index (χ1v) is 5.08. The predicted molar refractivity (Wildman–Crippen MR) is 63.8 cm³/mol. The molecule has 80 valence electrons. The van der Waals surface area contributed by atoms with Gasteiger partial charge < -0.3 is 0 Å². The van der Waals surface area contributed by atoms with Gasteiger partial charge in [-0.1, -0.05) is 17.7 Å². The van der Waals surface area contributed by atoms with Gasteiger partial charge in [-0.25, -0.2) is 0 Å². The number of nitrogens with zero attached hydrogens (tertiary/aromatic N) is 1. The minimum Gasteiger partial charge on any atom is -0.298 e. The zero-order valence-corrected chi connectivity index (χ0v) is 9.79. The van der Waals surface area contributed by atoms with Gasteiger partial charge in [0.2, 0.25) is 0 Å². The number of Topliss-reactive ketones (excluding diaryl/α,β-unsaturated/α-hetero) is 1. The van der Waals surface area contributed by atoms with Crippen molar-refractivity contribution in [2.75, 3.05) is 6.54 Å². The van der Waals surface area contributed by atoms with E-state index >= 15 is 0 Å². The highest BCUT2D eigenvalue weighted by molar-refractivity contribution is 5.86. The standard InChI is InChI=1S/C13H17NO/c1-9-5-10(2)13(11(3)6-9)8-14-7-12(4)15/h5-6,8H,7H2,1-4H3. The molecule has 0 atom stereocenters. The second kappa shape index (κ2) is 4.87. The van der Waals surface area contributed by atoms with Crippen molar-refractivity contribution in [3.8, 4) is 0 Å². The number of hydrogen-bond donors (Lipinski definition) is 0. The molecule has 15 heavy (non-hydrogen) atoms. The quantitative estimate of drug-likeness (QED) is 0.694. The molecule has 0 unspecified atom stereocenters. The first-order chi connectivity index (χ1) is 7.00. The molecule has 2 heteroatoms. The molecule has 0 aliphatic heterocycles. The van der Waals surface area contributed by atoms with Crippen molar-refractivity contribution in [3.05, 3.63) is 34.4 Å². The Balaban J connectivity index is 2.94. The fourth-order valence-corrected chi connectivity index (χ4v) is 1.66. The number of benzene rings is 1. The van der Waals surface area contributed by atoms with E-state index in [1.54, 1.807) is 13.1 Å². The van der Waals surface area contributed by atoms with E-state index in [4.69, 9.17) is 0 Å². The van der Waals surface area contributed by atoms with Gasteiger partial charge in [0.05, 0.1) is 6.54 Å². The van der Waals surface area contributed by atoms with Crippen LogP contribution >= 0.6 is 0 Å². The third-order valence-corrected chi connectivity index (χ3v) is 2.27. The molecule has 0 saturated carbocycles. The number of aliphatic imine (C=N–C) groups is 1. The van der Waals surface area contributed by atoms with Crippen molar-refractivity contribution >= 4 is 12.0 Å². The average Bonchev–Trinajstić information content (AvgIpc) is 2.08. The van der Waals surface area contributed by atoms with Gasteiger partial charge >= 0.3 is 0 Å². The molecule has 0 radical (unpaired) electrons. The zero-order valence-electron chi connectivity index (χ0n) is 9.79. The van der Waals surface area contributed by atoms with Crippen LogP contribution in [-0.4, -0.2) is 18.5 Å². The summed E-state index contributed by atoms with van der Waals surface area (Å²) >= 11 is 0. The Morgan fingerprint density at radius 2 is 1.80 bits per heavy atom. The average molecular weight is 203 g/mol. The van der Waals surface area contributed by atoms with E-state index < -0.39 is 0 Å². The molecule has 1 aromatic carbocycles. The molecule has 0 aliphatic rings. The Morgan fingerprint density at radius 3 is 2.27 bits per heavy atom. The number of rotatable bonds is 3. The van der Waals surface area contributed by atoms with Crippen LogP contribution in [0.5, 0.6) is 0 Å². The van der Waals surface area contributed by atoms with Gasteiger partial charge in [0, 0.05) is 6.21 Å². The van der Waals surface area contributed by atoms with E-state index in [1.807, 2.05) is 0 Å². The van der Waals surface area contributed by atoms with Crippen LogP contribution in [0.2, 0.25) is 0 Å². The summed E-state index contributed by atoms with van der Waals surface area (Å²) in [6, 6.07) is 4.25. The largest absolute Gasteiger partial charge is 0.298 e. The monoisotopic (exact) mass is 203 g/mol. The minimum absolute atomic E-state index is 0.0914. The van der Waals surface area contributed by atoms with Crippen LogP contribution in [0.25, 0.3) is 0 Å². The molecule has 0 fully saturated rings. The lowest BCUT2D eigenvalue weighted by Crippen LogP contribution is -1.98. The van der Waals surface area contributed by atoms with Crippen LogP contribution in [0.3, 0.4) is 0 Å². The van der Waals surface area contributed by atoms with Gasteiger partial charge in [0.15, 0.2) is 5.78 Å². The van der Waals surface area contributed by atoms with Crippen LogP contribution < -0.4 is 0 Å². The van der Waals surface area contributed by atoms with Crippen molar-refractivity contribution in [2.45, 2.75) is 27.7 Å². The fraction of sp³-hybridized carbons (Fsp3) is 0.385. The third-order valence-electron chi connectivity index (χ3n) is 2.27. The van der Waals surface area contributed by atoms with Gasteiger partial charge in [-0.05, 0) is 44.4 Å². The topological polar surface area (TPSA) is 29.4 Å². The molecule has 0 aliphatic carbocycles. The van der Waals surface area contributed by atoms with Crippen LogP contribution in [0.1, 0.15) is 29.2 Å². The molecule has 0 saturated heterocycles. The third kappa shape index (κ3) is 3.31. The minimum atomic E-state index is 0.0914. The summed E-state index contributed by atoms with van der Waals surface area (Å²) in [7, 11) is 0. The Labute approximate surface area is 91.0 Å². The molecule has 0 heterocycles. The predicted octanol–water partition coefficient (Wildman–Crippen LogP) is 2.62. The fourth-order valence-electron chi connectivity index (χ4n) is 1.66. The summed E-state index contributed by atoms with van der Waals surface area (Å²) in [5, 5.41) is 0. The van der Waals surface area contributed by atoms with Gasteiger partial charge in [-0.15, -0.1) is 0 Å². The maximum Gasteiger partial charge on any atom is 0.151 e. The highest BCUT2D eigenvalue weighted by Gasteiger charge is 2.00. The Bertz CT molecular complexity index is 382. The molecule has 0 N–H and O–H groups in total. The highest BCUT2D eigenvalue weighted by atomic mass is 16.1. The van der Waals surface area contributed by atoms with E-state index in [-0.39, 0.29) is 12.3 Å². The Kier molecular flexibility index (Phi) is 3.78. The van der Waals surface area contributed by atoms with Crippen LogP contribution in [0.4, 0.5) is 0 Å². The molecular weight excluding hydrogens is 186 g/mol. The van der Waals surface area contributed by atoms with Crippen molar-refractivity contribution in [2.24, 2.45) is 4.99 Å². The molecule has 0 bridgehead atoms. The number of aryl methyl sites for hydroxylation is 3.